The monoisotopic (exact) mass is 233 g/mol. The Morgan fingerprint density at radius 2 is 2.18 bits per heavy atom. The van der Waals surface area contributed by atoms with Gasteiger partial charge in [0.1, 0.15) is 11.2 Å². The Morgan fingerprint density at radius 3 is 2.76 bits per heavy atom. The summed E-state index contributed by atoms with van der Waals surface area (Å²) in [5.41, 5.74) is -0.634. The van der Waals surface area contributed by atoms with Crippen LogP contribution in [0.5, 0.6) is 0 Å². The highest BCUT2D eigenvalue weighted by Crippen LogP contribution is 2.44. The molecule has 2 rings (SSSR count). The summed E-state index contributed by atoms with van der Waals surface area (Å²) >= 11 is 0. The predicted octanol–water partition coefficient (Wildman–Crippen LogP) is 2.09. The van der Waals surface area contributed by atoms with Crippen LogP contribution in [0, 0.1) is 10.1 Å². The van der Waals surface area contributed by atoms with Gasteiger partial charge in [0.25, 0.3) is 5.69 Å². The standard InChI is InChI=1S/C11H11N3O3/c15-8-13-11(5-1-2-6-11)10-9(14(16)17)4-3-7-12-10/h3-4,7H,1-2,5-6H2. The Labute approximate surface area is 97.5 Å². The van der Waals surface area contributed by atoms with Gasteiger partial charge in [0.2, 0.25) is 6.08 Å². The van der Waals surface area contributed by atoms with Crippen molar-refractivity contribution in [3.63, 3.8) is 0 Å². The van der Waals surface area contributed by atoms with Crippen LogP contribution in [0.1, 0.15) is 31.4 Å². The molecule has 1 saturated carbocycles. The van der Waals surface area contributed by atoms with Crippen molar-refractivity contribution in [3.05, 3.63) is 34.1 Å². The topological polar surface area (TPSA) is 85.5 Å². The molecule has 1 aliphatic rings. The average Bonchev–Trinajstić information content (AvgIpc) is 2.79. The van der Waals surface area contributed by atoms with E-state index in [2.05, 4.69) is 9.98 Å². The van der Waals surface area contributed by atoms with E-state index in [1.165, 1.54) is 24.4 Å². The zero-order valence-electron chi connectivity index (χ0n) is 9.13. The lowest BCUT2D eigenvalue weighted by Gasteiger charge is -2.20. The van der Waals surface area contributed by atoms with E-state index in [4.69, 9.17) is 0 Å². The summed E-state index contributed by atoms with van der Waals surface area (Å²) in [6, 6.07) is 2.90. The first kappa shape index (κ1) is 11.4. The quantitative estimate of drug-likeness (QED) is 0.346. The molecule has 0 amide bonds. The van der Waals surface area contributed by atoms with Crippen LogP contribution in [-0.4, -0.2) is 16.0 Å². The molecular formula is C11H11N3O3. The van der Waals surface area contributed by atoms with Crippen molar-refractivity contribution in [1.82, 2.24) is 4.98 Å². The van der Waals surface area contributed by atoms with Crippen LogP contribution < -0.4 is 0 Å². The van der Waals surface area contributed by atoms with Crippen molar-refractivity contribution < 1.29 is 9.72 Å². The van der Waals surface area contributed by atoms with Crippen LogP contribution >= 0.6 is 0 Å². The van der Waals surface area contributed by atoms with Crippen LogP contribution in [0.2, 0.25) is 0 Å². The Morgan fingerprint density at radius 1 is 1.47 bits per heavy atom. The molecule has 88 valence electrons. The molecule has 0 unspecified atom stereocenters. The highest BCUT2D eigenvalue weighted by molar-refractivity contribution is 5.44. The number of isocyanates is 1. The molecule has 0 aromatic carbocycles. The highest BCUT2D eigenvalue weighted by atomic mass is 16.6. The van der Waals surface area contributed by atoms with Gasteiger partial charge in [-0.1, -0.05) is 12.8 Å². The first-order chi connectivity index (χ1) is 8.19. The lowest BCUT2D eigenvalue weighted by atomic mass is 9.92. The van der Waals surface area contributed by atoms with Crippen LogP contribution in [0.15, 0.2) is 23.3 Å². The van der Waals surface area contributed by atoms with Crippen molar-refractivity contribution >= 4 is 11.8 Å². The van der Waals surface area contributed by atoms with E-state index in [0.29, 0.717) is 12.8 Å². The maximum Gasteiger partial charge on any atom is 0.293 e. The second-order valence-electron chi connectivity index (χ2n) is 4.07. The van der Waals surface area contributed by atoms with Crippen molar-refractivity contribution in [2.45, 2.75) is 31.2 Å². The number of nitro groups is 1. The average molecular weight is 233 g/mol. The second kappa shape index (κ2) is 4.43. The number of rotatable bonds is 3. The van der Waals surface area contributed by atoms with Gasteiger partial charge in [-0.05, 0) is 18.9 Å². The number of pyridine rings is 1. The van der Waals surface area contributed by atoms with E-state index in [-0.39, 0.29) is 11.4 Å². The summed E-state index contributed by atoms with van der Waals surface area (Å²) in [6.07, 6.45) is 6.01. The smallest absolute Gasteiger partial charge is 0.258 e. The Balaban J connectivity index is 2.57. The van der Waals surface area contributed by atoms with Gasteiger partial charge in [0, 0.05) is 12.3 Å². The summed E-state index contributed by atoms with van der Waals surface area (Å²) < 4.78 is 0. The molecule has 1 fully saturated rings. The Bertz CT molecular complexity index is 488. The molecule has 0 atom stereocenters. The third kappa shape index (κ3) is 1.94. The SMILES string of the molecule is O=C=NC1(c2ncccc2[N+](=O)[O-])CCCC1. The molecule has 6 nitrogen and oxygen atoms in total. The highest BCUT2D eigenvalue weighted by Gasteiger charge is 2.41. The van der Waals surface area contributed by atoms with Gasteiger partial charge >= 0.3 is 0 Å². The predicted molar refractivity (Wildman–Crippen MR) is 59.2 cm³/mol. The fraction of sp³-hybridized carbons (Fsp3) is 0.455. The molecule has 6 heteroatoms. The maximum atomic E-state index is 11.0. The minimum atomic E-state index is -0.842. The van der Waals surface area contributed by atoms with E-state index in [0.717, 1.165) is 12.8 Å². The van der Waals surface area contributed by atoms with Crippen molar-refractivity contribution in [3.8, 4) is 0 Å². The van der Waals surface area contributed by atoms with Gasteiger partial charge < -0.3 is 0 Å². The first-order valence-electron chi connectivity index (χ1n) is 5.38. The molecular weight excluding hydrogens is 222 g/mol. The fourth-order valence-electron chi connectivity index (χ4n) is 2.35. The molecule has 1 heterocycles. The molecule has 1 aliphatic carbocycles. The molecule has 0 spiro atoms. The lowest BCUT2D eigenvalue weighted by Crippen LogP contribution is -2.22. The van der Waals surface area contributed by atoms with Crippen LogP contribution in [-0.2, 0) is 10.3 Å². The van der Waals surface area contributed by atoms with E-state index in [1.54, 1.807) is 0 Å². The summed E-state index contributed by atoms with van der Waals surface area (Å²) in [5.74, 6) is 0. The number of nitrogens with zero attached hydrogens (tertiary/aromatic N) is 3. The zero-order chi connectivity index (χ0) is 12.3. The van der Waals surface area contributed by atoms with E-state index < -0.39 is 10.5 Å². The maximum absolute atomic E-state index is 11.0. The number of carbonyl (C=O) groups excluding carboxylic acids is 1. The van der Waals surface area contributed by atoms with Crippen LogP contribution in [0.4, 0.5) is 5.69 Å². The number of aromatic nitrogens is 1. The Hall–Kier alpha value is -2.07. The van der Waals surface area contributed by atoms with Crippen LogP contribution in [0.3, 0.4) is 0 Å². The Kier molecular flexibility index (Phi) is 2.97. The van der Waals surface area contributed by atoms with Gasteiger partial charge in [-0.3, -0.25) is 15.1 Å². The summed E-state index contributed by atoms with van der Waals surface area (Å²) in [4.78, 5) is 28.9. The van der Waals surface area contributed by atoms with Crippen molar-refractivity contribution in [2.75, 3.05) is 0 Å². The van der Waals surface area contributed by atoms with Crippen molar-refractivity contribution in [2.24, 2.45) is 4.99 Å². The van der Waals surface area contributed by atoms with Crippen LogP contribution in [0.25, 0.3) is 0 Å². The molecule has 0 aliphatic heterocycles. The van der Waals surface area contributed by atoms with E-state index in [9.17, 15) is 14.9 Å². The fourth-order valence-corrected chi connectivity index (χ4v) is 2.35. The summed E-state index contributed by atoms with van der Waals surface area (Å²) in [7, 11) is 0. The van der Waals surface area contributed by atoms with Crippen molar-refractivity contribution in [1.29, 1.82) is 0 Å². The minimum Gasteiger partial charge on any atom is -0.258 e. The lowest BCUT2D eigenvalue weighted by molar-refractivity contribution is -0.386. The third-order valence-corrected chi connectivity index (χ3v) is 3.11. The van der Waals surface area contributed by atoms with E-state index >= 15 is 0 Å². The minimum absolute atomic E-state index is 0.0756. The normalized spacial score (nSPS) is 17.4. The summed E-state index contributed by atoms with van der Waals surface area (Å²) in [5, 5.41) is 11.0. The van der Waals surface area contributed by atoms with Gasteiger partial charge in [-0.15, -0.1) is 0 Å². The molecule has 1 aromatic heterocycles. The zero-order valence-corrected chi connectivity index (χ0v) is 9.13. The van der Waals surface area contributed by atoms with Gasteiger partial charge in [-0.2, -0.15) is 4.99 Å². The number of aliphatic imine (C=N–C) groups is 1. The molecule has 0 saturated heterocycles. The summed E-state index contributed by atoms with van der Waals surface area (Å²) in [6.45, 7) is 0. The first-order valence-corrected chi connectivity index (χ1v) is 5.38. The largest absolute Gasteiger partial charge is 0.293 e. The molecule has 1 aromatic rings. The van der Waals surface area contributed by atoms with Gasteiger partial charge in [-0.25, -0.2) is 4.79 Å². The molecule has 0 radical (unpaired) electrons. The molecule has 0 bridgehead atoms. The second-order valence-corrected chi connectivity index (χ2v) is 4.07. The van der Waals surface area contributed by atoms with Gasteiger partial charge in [0.15, 0.2) is 0 Å². The number of hydrogen-bond acceptors (Lipinski definition) is 5. The third-order valence-electron chi connectivity index (χ3n) is 3.11. The molecule has 0 N–H and O–H groups in total. The number of hydrogen-bond donors (Lipinski definition) is 0. The van der Waals surface area contributed by atoms with E-state index in [1.807, 2.05) is 0 Å². The molecule has 17 heavy (non-hydrogen) atoms. The van der Waals surface area contributed by atoms with Gasteiger partial charge in [0.05, 0.1) is 4.92 Å².